The summed E-state index contributed by atoms with van der Waals surface area (Å²) >= 11 is 0. The summed E-state index contributed by atoms with van der Waals surface area (Å²) in [7, 11) is 0. The van der Waals surface area contributed by atoms with E-state index in [9.17, 15) is 14.4 Å². The van der Waals surface area contributed by atoms with Crippen LogP contribution in [0.15, 0.2) is 0 Å². The lowest BCUT2D eigenvalue weighted by Crippen LogP contribution is -2.42. The lowest BCUT2D eigenvalue weighted by molar-refractivity contribution is -0.108. The second-order valence-corrected chi connectivity index (χ2v) is 11.5. The normalized spacial score (nSPS) is 21.3. The Labute approximate surface area is 206 Å². The van der Waals surface area contributed by atoms with Crippen LogP contribution in [-0.4, -0.2) is 77.4 Å². The summed E-state index contributed by atoms with van der Waals surface area (Å²) < 4.78 is 10.7. The molecule has 198 valence electrons. The Morgan fingerprint density at radius 3 is 1.68 bits per heavy atom. The zero-order valence-electron chi connectivity index (χ0n) is 22.3. The van der Waals surface area contributed by atoms with Gasteiger partial charge in [-0.2, -0.15) is 0 Å². The number of ether oxygens (including phenoxy) is 2. The molecule has 0 saturated carbocycles. The summed E-state index contributed by atoms with van der Waals surface area (Å²) in [5, 5.41) is 8.82. The molecule has 0 radical (unpaired) electrons. The second kappa shape index (κ2) is 14.5. The fourth-order valence-corrected chi connectivity index (χ4v) is 4.27. The number of amides is 2. The number of aliphatic hydroxyl groups is 1. The quantitative estimate of drug-likeness (QED) is 0.532. The average Bonchev–Trinajstić information content (AvgIpc) is 2.75. The third kappa shape index (κ3) is 13.2. The third-order valence-corrected chi connectivity index (χ3v) is 5.80. The number of piperidine rings is 2. The molecule has 0 aromatic carbocycles. The molecule has 2 heterocycles. The zero-order chi connectivity index (χ0) is 25.8. The molecule has 34 heavy (non-hydrogen) atoms. The van der Waals surface area contributed by atoms with E-state index in [1.807, 2.05) is 41.5 Å². The summed E-state index contributed by atoms with van der Waals surface area (Å²) in [6, 6.07) is 0. The van der Waals surface area contributed by atoms with Crippen LogP contribution in [0.4, 0.5) is 9.59 Å². The van der Waals surface area contributed by atoms with E-state index in [4.69, 9.17) is 14.6 Å². The van der Waals surface area contributed by atoms with Gasteiger partial charge in [-0.25, -0.2) is 9.59 Å². The number of hydrogen-bond acceptors (Lipinski definition) is 6. The number of aldehydes is 1. The van der Waals surface area contributed by atoms with E-state index in [-0.39, 0.29) is 18.8 Å². The van der Waals surface area contributed by atoms with E-state index >= 15 is 0 Å². The fraction of sp³-hybridized carbons (Fsp3) is 0.885. The highest BCUT2D eigenvalue weighted by atomic mass is 16.6. The molecule has 1 N–H and O–H groups in total. The Hall–Kier alpha value is -1.83. The molecule has 2 atom stereocenters. The molecule has 0 unspecified atom stereocenters. The molecule has 0 aromatic heterocycles. The van der Waals surface area contributed by atoms with Crippen LogP contribution < -0.4 is 0 Å². The van der Waals surface area contributed by atoms with Crippen molar-refractivity contribution >= 4 is 18.5 Å². The van der Waals surface area contributed by atoms with Crippen molar-refractivity contribution in [3.05, 3.63) is 0 Å². The van der Waals surface area contributed by atoms with Crippen LogP contribution in [0.5, 0.6) is 0 Å². The standard InChI is InChI=1S/C13H25NO3.C13H23NO3/c2*1-13(2,3)17-12(16)14-8-4-6-11(10-14)7-5-9-15/h11,15H,4-10H2,1-3H3;9,11H,4-8,10H2,1-3H3/t2*11-/m11/s1. The molecule has 2 fully saturated rings. The molecular formula is C26H48N2O6. The number of hydrogen-bond donors (Lipinski definition) is 1. The van der Waals surface area contributed by atoms with Gasteiger partial charge in [0.25, 0.3) is 0 Å². The Balaban J connectivity index is 0.000000340. The molecule has 2 saturated heterocycles. The zero-order valence-corrected chi connectivity index (χ0v) is 22.3. The van der Waals surface area contributed by atoms with Gasteiger partial charge in [-0.15, -0.1) is 0 Å². The van der Waals surface area contributed by atoms with Crippen LogP contribution in [0, 0.1) is 11.8 Å². The predicted octanol–water partition coefficient (Wildman–Crippen LogP) is 5.02. The number of aliphatic hydroxyl groups excluding tert-OH is 1. The van der Waals surface area contributed by atoms with Gasteiger partial charge >= 0.3 is 12.2 Å². The lowest BCUT2D eigenvalue weighted by atomic mass is 9.94. The van der Waals surface area contributed by atoms with Crippen molar-refractivity contribution in [2.24, 2.45) is 11.8 Å². The van der Waals surface area contributed by atoms with Crippen LogP contribution in [0.3, 0.4) is 0 Å². The van der Waals surface area contributed by atoms with Crippen molar-refractivity contribution in [1.29, 1.82) is 0 Å². The molecule has 2 rings (SSSR count). The van der Waals surface area contributed by atoms with Gasteiger partial charge in [-0.3, -0.25) is 0 Å². The molecule has 8 nitrogen and oxygen atoms in total. The first-order valence-electron chi connectivity index (χ1n) is 12.8. The number of likely N-dealkylation sites (tertiary alicyclic amines) is 2. The van der Waals surface area contributed by atoms with Gasteiger partial charge in [-0.05, 0) is 98.3 Å². The van der Waals surface area contributed by atoms with Crippen molar-refractivity contribution in [3.8, 4) is 0 Å². The molecule has 0 aliphatic carbocycles. The van der Waals surface area contributed by atoms with Crippen LogP contribution in [0.25, 0.3) is 0 Å². The van der Waals surface area contributed by atoms with Crippen molar-refractivity contribution in [2.45, 2.75) is 104 Å². The van der Waals surface area contributed by atoms with Crippen LogP contribution in [0.1, 0.15) is 92.9 Å². The summed E-state index contributed by atoms with van der Waals surface area (Å²) in [6.07, 6.45) is 8.11. The van der Waals surface area contributed by atoms with Crippen LogP contribution in [-0.2, 0) is 14.3 Å². The van der Waals surface area contributed by atoms with Gasteiger partial charge in [0.05, 0.1) is 0 Å². The highest BCUT2D eigenvalue weighted by molar-refractivity contribution is 5.68. The van der Waals surface area contributed by atoms with Gasteiger partial charge in [0.15, 0.2) is 0 Å². The van der Waals surface area contributed by atoms with Gasteiger partial charge < -0.3 is 29.2 Å². The largest absolute Gasteiger partial charge is 0.444 e. The fourth-order valence-electron chi connectivity index (χ4n) is 4.27. The maximum atomic E-state index is 11.9. The number of nitrogens with zero attached hydrogens (tertiary/aromatic N) is 2. The van der Waals surface area contributed by atoms with Gasteiger partial charge in [0, 0.05) is 39.2 Å². The van der Waals surface area contributed by atoms with Crippen LogP contribution in [0.2, 0.25) is 0 Å². The summed E-state index contributed by atoms with van der Waals surface area (Å²) in [4.78, 5) is 37.7. The molecule has 0 spiro atoms. The molecule has 2 amide bonds. The summed E-state index contributed by atoms with van der Waals surface area (Å²) in [6.45, 7) is 14.6. The SMILES string of the molecule is CC(C)(C)OC(=O)N1CCC[C@H](CCC=O)C1.CC(C)(C)OC(=O)N1CCC[C@H](CCCO)C1. The Bertz CT molecular complexity index is 626. The van der Waals surface area contributed by atoms with Gasteiger partial charge in [0.1, 0.15) is 17.5 Å². The summed E-state index contributed by atoms with van der Waals surface area (Å²) in [5.74, 6) is 0.963. The van der Waals surface area contributed by atoms with E-state index in [0.717, 1.165) is 77.4 Å². The Morgan fingerprint density at radius 2 is 1.29 bits per heavy atom. The smallest absolute Gasteiger partial charge is 0.410 e. The predicted molar refractivity (Wildman–Crippen MR) is 133 cm³/mol. The Kier molecular flexibility index (Phi) is 12.9. The highest BCUT2D eigenvalue weighted by Gasteiger charge is 2.28. The first-order chi connectivity index (χ1) is 15.8. The van der Waals surface area contributed by atoms with E-state index < -0.39 is 11.2 Å². The lowest BCUT2D eigenvalue weighted by Gasteiger charge is -2.34. The molecule has 2 aliphatic heterocycles. The van der Waals surface area contributed by atoms with Gasteiger partial charge in [0.2, 0.25) is 0 Å². The number of carbonyl (C=O) groups excluding carboxylic acids is 3. The van der Waals surface area contributed by atoms with Crippen molar-refractivity contribution in [1.82, 2.24) is 9.80 Å². The first kappa shape index (κ1) is 30.2. The van der Waals surface area contributed by atoms with E-state index in [0.29, 0.717) is 18.3 Å². The van der Waals surface area contributed by atoms with Crippen molar-refractivity contribution in [2.75, 3.05) is 32.8 Å². The molecular weight excluding hydrogens is 436 g/mol. The second-order valence-electron chi connectivity index (χ2n) is 11.5. The Morgan fingerprint density at radius 1 is 0.853 bits per heavy atom. The van der Waals surface area contributed by atoms with Gasteiger partial charge in [-0.1, -0.05) is 0 Å². The van der Waals surface area contributed by atoms with E-state index in [1.54, 1.807) is 9.80 Å². The van der Waals surface area contributed by atoms with E-state index in [2.05, 4.69) is 0 Å². The van der Waals surface area contributed by atoms with Crippen molar-refractivity contribution in [3.63, 3.8) is 0 Å². The first-order valence-corrected chi connectivity index (χ1v) is 12.8. The third-order valence-electron chi connectivity index (χ3n) is 5.80. The minimum absolute atomic E-state index is 0.203. The maximum absolute atomic E-state index is 11.9. The van der Waals surface area contributed by atoms with E-state index in [1.165, 1.54) is 0 Å². The number of carbonyl (C=O) groups is 3. The average molecular weight is 485 g/mol. The molecule has 0 aromatic rings. The summed E-state index contributed by atoms with van der Waals surface area (Å²) in [5.41, 5.74) is -0.859. The maximum Gasteiger partial charge on any atom is 0.410 e. The molecule has 0 bridgehead atoms. The molecule has 2 aliphatic rings. The minimum Gasteiger partial charge on any atom is -0.444 e. The highest BCUT2D eigenvalue weighted by Crippen LogP contribution is 2.23. The number of rotatable bonds is 6. The van der Waals surface area contributed by atoms with Crippen molar-refractivity contribution < 1.29 is 29.0 Å². The minimum atomic E-state index is -0.438. The topological polar surface area (TPSA) is 96.4 Å². The monoisotopic (exact) mass is 484 g/mol. The molecule has 8 heteroatoms. The van der Waals surface area contributed by atoms with Crippen LogP contribution >= 0.6 is 0 Å².